The van der Waals surface area contributed by atoms with Crippen LogP contribution in [0.2, 0.25) is 0 Å². The minimum atomic E-state index is -0.101. The average Bonchev–Trinajstić information content (AvgIpc) is 3.04. The van der Waals surface area contributed by atoms with Gasteiger partial charge in [0, 0.05) is 12.6 Å². The summed E-state index contributed by atoms with van der Waals surface area (Å²) in [5, 5.41) is 6.62. The summed E-state index contributed by atoms with van der Waals surface area (Å²) in [5.41, 5.74) is 1.59. The van der Waals surface area contributed by atoms with Crippen molar-refractivity contribution >= 4 is 5.91 Å². The Hall–Kier alpha value is -2.50. The maximum absolute atomic E-state index is 11.8. The molecule has 3 rings (SSSR count). The second-order valence-corrected chi connectivity index (χ2v) is 4.57. The number of hydrogen-bond acceptors (Lipinski definition) is 5. The van der Waals surface area contributed by atoms with Crippen molar-refractivity contribution in [1.82, 2.24) is 10.5 Å². The molecule has 2 heterocycles. The van der Waals surface area contributed by atoms with E-state index < -0.39 is 0 Å². The Labute approximate surface area is 115 Å². The Balaban J connectivity index is 1.55. The quantitative estimate of drug-likeness (QED) is 0.916. The van der Waals surface area contributed by atoms with Gasteiger partial charge in [0.2, 0.25) is 12.7 Å². The maximum atomic E-state index is 11.8. The molecule has 1 aromatic carbocycles. The highest BCUT2D eigenvalue weighted by Crippen LogP contribution is 2.32. The normalized spacial score (nSPS) is 12.4. The number of carbonyl (C=O) groups is 1. The predicted octanol–water partition coefficient (Wildman–Crippen LogP) is 1.57. The lowest BCUT2D eigenvalue weighted by molar-refractivity contribution is -0.120. The molecule has 0 atom stereocenters. The van der Waals surface area contributed by atoms with E-state index >= 15 is 0 Å². The third-order valence-electron chi connectivity index (χ3n) is 2.95. The van der Waals surface area contributed by atoms with Crippen LogP contribution < -0.4 is 14.8 Å². The lowest BCUT2D eigenvalue weighted by atomic mass is 10.2. The fourth-order valence-electron chi connectivity index (χ4n) is 1.98. The summed E-state index contributed by atoms with van der Waals surface area (Å²) >= 11 is 0. The first kappa shape index (κ1) is 12.5. The lowest BCUT2D eigenvalue weighted by Crippen LogP contribution is -2.24. The molecule has 6 nitrogen and oxygen atoms in total. The van der Waals surface area contributed by atoms with Crippen LogP contribution in [0.5, 0.6) is 11.5 Å². The van der Waals surface area contributed by atoms with Gasteiger partial charge in [0.25, 0.3) is 0 Å². The minimum absolute atomic E-state index is 0.101. The minimum Gasteiger partial charge on any atom is -0.454 e. The first-order valence-corrected chi connectivity index (χ1v) is 6.28. The van der Waals surface area contributed by atoms with Crippen LogP contribution in [0.4, 0.5) is 0 Å². The summed E-state index contributed by atoms with van der Waals surface area (Å²) in [7, 11) is 0. The molecule has 0 aliphatic carbocycles. The first-order valence-electron chi connectivity index (χ1n) is 6.28. The van der Waals surface area contributed by atoms with Crippen molar-refractivity contribution in [3.05, 3.63) is 41.3 Å². The smallest absolute Gasteiger partial charge is 0.231 e. The number of carbonyl (C=O) groups excluding carboxylic acids is 1. The second kappa shape index (κ2) is 5.24. The van der Waals surface area contributed by atoms with E-state index in [1.165, 1.54) is 0 Å². The number of fused-ring (bicyclic) bond motifs is 1. The molecule has 0 bridgehead atoms. The van der Waals surface area contributed by atoms with Gasteiger partial charge in [-0.25, -0.2) is 0 Å². The van der Waals surface area contributed by atoms with Crippen LogP contribution >= 0.6 is 0 Å². The summed E-state index contributed by atoms with van der Waals surface area (Å²) in [6.07, 6.45) is 0.210. The molecule has 1 amide bonds. The molecule has 0 saturated carbocycles. The summed E-state index contributed by atoms with van der Waals surface area (Å²) in [5.74, 6) is 2.04. The van der Waals surface area contributed by atoms with Crippen LogP contribution in [0.1, 0.15) is 17.0 Å². The maximum Gasteiger partial charge on any atom is 0.231 e. The highest BCUT2D eigenvalue weighted by Gasteiger charge is 2.13. The third-order valence-corrected chi connectivity index (χ3v) is 2.95. The van der Waals surface area contributed by atoms with Gasteiger partial charge in [0.15, 0.2) is 11.5 Å². The van der Waals surface area contributed by atoms with Crippen molar-refractivity contribution in [2.75, 3.05) is 6.79 Å². The molecule has 0 unspecified atom stereocenters. The van der Waals surface area contributed by atoms with E-state index in [1.54, 1.807) is 13.0 Å². The number of rotatable bonds is 4. The molecule has 2 aromatic rings. The van der Waals surface area contributed by atoms with Gasteiger partial charge >= 0.3 is 0 Å². The number of hydrogen-bond donors (Lipinski definition) is 1. The van der Waals surface area contributed by atoms with Crippen LogP contribution in [-0.4, -0.2) is 17.9 Å². The molecular weight excluding hydrogens is 260 g/mol. The first-order chi connectivity index (χ1) is 9.70. The monoisotopic (exact) mass is 274 g/mol. The van der Waals surface area contributed by atoms with Gasteiger partial charge in [-0.2, -0.15) is 0 Å². The molecule has 6 heteroatoms. The number of amides is 1. The van der Waals surface area contributed by atoms with Crippen LogP contribution in [-0.2, 0) is 17.8 Å². The lowest BCUT2D eigenvalue weighted by Gasteiger charge is -2.05. The van der Waals surface area contributed by atoms with Gasteiger partial charge < -0.3 is 19.3 Å². The molecule has 1 aromatic heterocycles. The molecule has 0 spiro atoms. The Morgan fingerprint density at radius 3 is 2.95 bits per heavy atom. The average molecular weight is 274 g/mol. The van der Waals surface area contributed by atoms with Crippen molar-refractivity contribution in [3.63, 3.8) is 0 Å². The van der Waals surface area contributed by atoms with Crippen LogP contribution in [0.15, 0.2) is 28.8 Å². The van der Waals surface area contributed by atoms with Crippen molar-refractivity contribution in [2.24, 2.45) is 0 Å². The van der Waals surface area contributed by atoms with Crippen LogP contribution in [0.25, 0.3) is 0 Å². The second-order valence-electron chi connectivity index (χ2n) is 4.57. The number of aromatic nitrogens is 1. The summed E-state index contributed by atoms with van der Waals surface area (Å²) in [6.45, 7) is 2.48. The van der Waals surface area contributed by atoms with E-state index in [2.05, 4.69) is 10.5 Å². The largest absolute Gasteiger partial charge is 0.454 e. The SMILES string of the molecule is Cc1cc(CC(=O)NCc2ccc3c(c2)OCO3)no1. The Bertz CT molecular complexity index is 636. The molecule has 1 aliphatic rings. The van der Waals surface area contributed by atoms with Crippen LogP contribution in [0.3, 0.4) is 0 Å². The highest BCUT2D eigenvalue weighted by atomic mass is 16.7. The van der Waals surface area contributed by atoms with E-state index in [-0.39, 0.29) is 19.1 Å². The van der Waals surface area contributed by atoms with E-state index in [9.17, 15) is 4.79 Å². The number of nitrogens with one attached hydrogen (secondary N) is 1. The molecule has 0 radical (unpaired) electrons. The zero-order valence-electron chi connectivity index (χ0n) is 11.0. The number of aryl methyl sites for hydroxylation is 1. The number of ether oxygens (including phenoxy) is 2. The van der Waals surface area contributed by atoms with Crippen molar-refractivity contribution in [1.29, 1.82) is 0 Å². The number of benzene rings is 1. The Morgan fingerprint density at radius 1 is 1.30 bits per heavy atom. The molecule has 0 fully saturated rings. The van der Waals surface area contributed by atoms with Gasteiger partial charge in [-0.1, -0.05) is 11.2 Å². The fraction of sp³-hybridized carbons (Fsp3) is 0.286. The molecule has 1 aliphatic heterocycles. The molecule has 1 N–H and O–H groups in total. The van der Waals surface area contributed by atoms with Gasteiger partial charge in [-0.15, -0.1) is 0 Å². The molecular formula is C14H14N2O4. The standard InChI is InChI=1S/C14H14N2O4/c1-9-4-11(16-20-9)6-14(17)15-7-10-2-3-12-13(5-10)19-8-18-12/h2-5H,6-8H2,1H3,(H,15,17). The van der Waals surface area contributed by atoms with Crippen molar-refractivity contribution < 1.29 is 18.8 Å². The highest BCUT2D eigenvalue weighted by molar-refractivity contribution is 5.78. The zero-order valence-corrected chi connectivity index (χ0v) is 11.0. The fourth-order valence-corrected chi connectivity index (χ4v) is 1.98. The summed E-state index contributed by atoms with van der Waals surface area (Å²) in [6, 6.07) is 7.35. The van der Waals surface area contributed by atoms with Gasteiger partial charge in [0.1, 0.15) is 5.76 Å². The van der Waals surface area contributed by atoms with Crippen molar-refractivity contribution in [2.45, 2.75) is 19.9 Å². The van der Waals surface area contributed by atoms with Gasteiger partial charge in [-0.3, -0.25) is 4.79 Å². The van der Waals surface area contributed by atoms with Crippen LogP contribution in [0, 0.1) is 6.92 Å². The van der Waals surface area contributed by atoms with Gasteiger partial charge in [-0.05, 0) is 24.6 Å². The van der Waals surface area contributed by atoms with Gasteiger partial charge in [0.05, 0.1) is 12.1 Å². The van der Waals surface area contributed by atoms with E-state index in [0.29, 0.717) is 23.7 Å². The topological polar surface area (TPSA) is 73.6 Å². The predicted molar refractivity (Wildman–Crippen MR) is 69.4 cm³/mol. The number of nitrogens with zero attached hydrogens (tertiary/aromatic N) is 1. The zero-order chi connectivity index (χ0) is 13.9. The molecule has 104 valence electrons. The Morgan fingerprint density at radius 2 is 2.15 bits per heavy atom. The van der Waals surface area contributed by atoms with E-state index in [0.717, 1.165) is 11.3 Å². The van der Waals surface area contributed by atoms with E-state index in [4.69, 9.17) is 14.0 Å². The summed E-state index contributed by atoms with van der Waals surface area (Å²) < 4.78 is 15.4. The molecule has 0 saturated heterocycles. The Kier molecular flexibility index (Phi) is 3.28. The third kappa shape index (κ3) is 2.74. The van der Waals surface area contributed by atoms with E-state index in [1.807, 2.05) is 18.2 Å². The summed E-state index contributed by atoms with van der Waals surface area (Å²) in [4.78, 5) is 11.8. The molecule has 20 heavy (non-hydrogen) atoms. The van der Waals surface area contributed by atoms with Crippen molar-refractivity contribution in [3.8, 4) is 11.5 Å².